The summed E-state index contributed by atoms with van der Waals surface area (Å²) in [7, 11) is 0. The van der Waals surface area contributed by atoms with Crippen LogP contribution in [0, 0.1) is 11.3 Å². The molecule has 0 spiro atoms. The van der Waals surface area contributed by atoms with Crippen molar-refractivity contribution in [2.45, 2.75) is 26.3 Å². The molecule has 2 N–H and O–H groups in total. The van der Waals surface area contributed by atoms with E-state index in [1.807, 2.05) is 6.07 Å². The van der Waals surface area contributed by atoms with E-state index >= 15 is 0 Å². The Bertz CT molecular complexity index is 581. The first-order valence-electron chi connectivity index (χ1n) is 6.34. The van der Waals surface area contributed by atoms with Gasteiger partial charge in [-0.15, -0.1) is 0 Å². The number of aliphatic carboxylic acids is 1. The van der Waals surface area contributed by atoms with Crippen molar-refractivity contribution in [3.63, 3.8) is 0 Å². The molecule has 6 nitrogen and oxygen atoms in total. The topological polar surface area (TPSA) is 93.4 Å². The summed E-state index contributed by atoms with van der Waals surface area (Å²) in [4.78, 5) is 24.2. The Balaban J connectivity index is 2.79. The van der Waals surface area contributed by atoms with E-state index in [-0.39, 0.29) is 24.0 Å². The highest BCUT2D eigenvalue weighted by molar-refractivity contribution is 6.32. The third-order valence-corrected chi connectivity index (χ3v) is 3.10. The maximum absolute atomic E-state index is 12.1. The molecule has 0 bridgehead atoms. The second-order valence-electron chi connectivity index (χ2n) is 4.67. The number of carboxylic acid groups (broad SMARTS) is 1. The lowest BCUT2D eigenvalue weighted by Gasteiger charge is -2.26. The first kappa shape index (κ1) is 16.8. The van der Waals surface area contributed by atoms with Crippen LogP contribution in [0.25, 0.3) is 0 Å². The van der Waals surface area contributed by atoms with Crippen molar-refractivity contribution >= 4 is 29.3 Å². The molecule has 21 heavy (non-hydrogen) atoms. The van der Waals surface area contributed by atoms with Crippen LogP contribution in [0.3, 0.4) is 0 Å². The van der Waals surface area contributed by atoms with E-state index in [2.05, 4.69) is 5.32 Å². The zero-order chi connectivity index (χ0) is 16.0. The summed E-state index contributed by atoms with van der Waals surface area (Å²) in [6.07, 6.45) is -0.125. The Morgan fingerprint density at radius 1 is 1.48 bits per heavy atom. The quantitative estimate of drug-likeness (QED) is 0.874. The van der Waals surface area contributed by atoms with Crippen LogP contribution in [0.1, 0.15) is 25.8 Å². The fraction of sp³-hybridized carbons (Fsp3) is 0.357. The molecule has 0 atom stereocenters. The van der Waals surface area contributed by atoms with Crippen LogP contribution in [0.5, 0.6) is 0 Å². The van der Waals surface area contributed by atoms with Gasteiger partial charge in [-0.3, -0.25) is 4.79 Å². The maximum atomic E-state index is 12.1. The minimum atomic E-state index is -0.963. The van der Waals surface area contributed by atoms with Crippen LogP contribution < -0.4 is 5.32 Å². The minimum absolute atomic E-state index is 0.114. The monoisotopic (exact) mass is 309 g/mol. The van der Waals surface area contributed by atoms with Crippen LogP contribution in [0.4, 0.5) is 10.5 Å². The van der Waals surface area contributed by atoms with E-state index in [0.717, 1.165) is 0 Å². The Kier molecular flexibility index (Phi) is 6.00. The van der Waals surface area contributed by atoms with Crippen molar-refractivity contribution in [3.8, 4) is 6.07 Å². The molecule has 0 aliphatic rings. The highest BCUT2D eigenvalue weighted by Gasteiger charge is 2.18. The van der Waals surface area contributed by atoms with E-state index in [9.17, 15) is 9.59 Å². The van der Waals surface area contributed by atoms with Gasteiger partial charge in [0.05, 0.1) is 17.0 Å². The average Bonchev–Trinajstić information content (AvgIpc) is 2.38. The first-order valence-corrected chi connectivity index (χ1v) is 6.72. The molecule has 0 heterocycles. The number of nitrogens with one attached hydrogen (secondary N) is 1. The van der Waals surface area contributed by atoms with E-state index in [1.54, 1.807) is 19.9 Å². The maximum Gasteiger partial charge on any atom is 0.322 e. The molecular formula is C14H16ClN3O3. The molecular weight excluding hydrogens is 294 g/mol. The van der Waals surface area contributed by atoms with Gasteiger partial charge >= 0.3 is 12.0 Å². The van der Waals surface area contributed by atoms with Gasteiger partial charge in [0.25, 0.3) is 0 Å². The highest BCUT2D eigenvalue weighted by Crippen LogP contribution is 2.20. The second kappa shape index (κ2) is 7.50. The minimum Gasteiger partial charge on any atom is -0.481 e. The molecule has 0 aliphatic carbocycles. The molecule has 0 fully saturated rings. The van der Waals surface area contributed by atoms with Gasteiger partial charge < -0.3 is 15.3 Å². The number of nitriles is 1. The van der Waals surface area contributed by atoms with Crippen molar-refractivity contribution in [2.75, 3.05) is 11.9 Å². The van der Waals surface area contributed by atoms with E-state index in [0.29, 0.717) is 11.3 Å². The summed E-state index contributed by atoms with van der Waals surface area (Å²) in [6, 6.07) is 5.93. The third kappa shape index (κ3) is 4.97. The number of benzene rings is 1. The number of urea groups is 1. The van der Waals surface area contributed by atoms with Crippen molar-refractivity contribution in [1.29, 1.82) is 5.26 Å². The molecule has 0 saturated carbocycles. The Hall–Kier alpha value is -2.26. The van der Waals surface area contributed by atoms with E-state index in [4.69, 9.17) is 22.0 Å². The summed E-state index contributed by atoms with van der Waals surface area (Å²) < 4.78 is 0. The van der Waals surface area contributed by atoms with Gasteiger partial charge in [-0.1, -0.05) is 11.6 Å². The zero-order valence-electron chi connectivity index (χ0n) is 11.8. The Morgan fingerprint density at radius 2 is 2.14 bits per heavy atom. The molecule has 0 saturated heterocycles. The number of anilines is 1. The summed E-state index contributed by atoms with van der Waals surface area (Å²) in [6.45, 7) is 3.71. The summed E-state index contributed by atoms with van der Waals surface area (Å²) in [5.41, 5.74) is 0.770. The van der Waals surface area contributed by atoms with E-state index < -0.39 is 12.0 Å². The standard InChI is InChI=1S/C14H16ClN3O3/c1-9(2)18(6-5-13(19)20)14(21)17-11-4-3-10(8-16)12(15)7-11/h3-4,7,9H,5-6H2,1-2H3,(H,17,21)(H,19,20). The van der Waals surface area contributed by atoms with Crippen molar-refractivity contribution < 1.29 is 14.7 Å². The summed E-state index contributed by atoms with van der Waals surface area (Å²) in [5.74, 6) is -0.963. The molecule has 0 radical (unpaired) electrons. The molecule has 1 aromatic rings. The van der Waals surface area contributed by atoms with Gasteiger partial charge in [-0.05, 0) is 32.0 Å². The number of carbonyl (C=O) groups excluding carboxylic acids is 1. The second-order valence-corrected chi connectivity index (χ2v) is 5.07. The van der Waals surface area contributed by atoms with Crippen LogP contribution in [-0.4, -0.2) is 34.6 Å². The smallest absolute Gasteiger partial charge is 0.322 e. The molecule has 0 unspecified atom stereocenters. The summed E-state index contributed by atoms with van der Waals surface area (Å²) in [5, 5.41) is 20.4. The predicted molar refractivity (Wildman–Crippen MR) is 79.3 cm³/mol. The van der Waals surface area contributed by atoms with Gasteiger partial charge in [0.15, 0.2) is 0 Å². The SMILES string of the molecule is CC(C)N(CCC(=O)O)C(=O)Nc1ccc(C#N)c(Cl)c1. The van der Waals surface area contributed by atoms with Gasteiger partial charge in [0.2, 0.25) is 0 Å². The molecule has 2 amide bonds. The number of hydrogen-bond acceptors (Lipinski definition) is 3. The molecule has 1 rings (SSSR count). The van der Waals surface area contributed by atoms with Crippen molar-refractivity contribution in [1.82, 2.24) is 4.90 Å². The van der Waals surface area contributed by atoms with Crippen LogP contribution >= 0.6 is 11.6 Å². The first-order chi connectivity index (χ1) is 9.85. The number of rotatable bonds is 5. The van der Waals surface area contributed by atoms with Crippen LogP contribution in [0.15, 0.2) is 18.2 Å². The molecule has 0 aliphatic heterocycles. The van der Waals surface area contributed by atoms with Gasteiger partial charge in [-0.25, -0.2) is 4.79 Å². The number of carbonyl (C=O) groups is 2. The normalized spacial score (nSPS) is 10.0. The Morgan fingerprint density at radius 3 is 2.62 bits per heavy atom. The molecule has 1 aromatic carbocycles. The third-order valence-electron chi connectivity index (χ3n) is 2.79. The zero-order valence-corrected chi connectivity index (χ0v) is 12.5. The fourth-order valence-corrected chi connectivity index (χ4v) is 1.91. The van der Waals surface area contributed by atoms with Crippen molar-refractivity contribution in [2.24, 2.45) is 0 Å². The highest BCUT2D eigenvalue weighted by atomic mass is 35.5. The van der Waals surface area contributed by atoms with Gasteiger partial charge in [-0.2, -0.15) is 5.26 Å². The largest absolute Gasteiger partial charge is 0.481 e. The van der Waals surface area contributed by atoms with Crippen molar-refractivity contribution in [3.05, 3.63) is 28.8 Å². The van der Waals surface area contributed by atoms with Crippen LogP contribution in [-0.2, 0) is 4.79 Å². The number of halogens is 1. The molecule has 112 valence electrons. The summed E-state index contributed by atoms with van der Waals surface area (Å²) >= 11 is 5.89. The lowest BCUT2D eigenvalue weighted by Crippen LogP contribution is -2.41. The van der Waals surface area contributed by atoms with Gasteiger partial charge in [0.1, 0.15) is 6.07 Å². The number of nitrogens with zero attached hydrogens (tertiary/aromatic N) is 2. The van der Waals surface area contributed by atoms with Crippen LogP contribution in [0.2, 0.25) is 5.02 Å². The van der Waals surface area contributed by atoms with Gasteiger partial charge in [0, 0.05) is 18.3 Å². The lowest BCUT2D eigenvalue weighted by atomic mass is 10.2. The fourth-order valence-electron chi connectivity index (χ4n) is 1.69. The number of hydrogen-bond donors (Lipinski definition) is 2. The lowest BCUT2D eigenvalue weighted by molar-refractivity contribution is -0.137. The van der Waals surface area contributed by atoms with E-state index in [1.165, 1.54) is 17.0 Å². The molecule has 0 aromatic heterocycles. The average molecular weight is 310 g/mol. The number of amides is 2. The Labute approximate surface area is 127 Å². The molecule has 7 heteroatoms. The predicted octanol–water partition coefficient (Wildman–Crippen LogP) is 2.93. The number of carboxylic acids is 1.